The highest BCUT2D eigenvalue weighted by molar-refractivity contribution is 7.99. The van der Waals surface area contributed by atoms with Crippen molar-refractivity contribution >= 4 is 29.4 Å². The molecular weight excluding hydrogens is 320 g/mol. The van der Waals surface area contributed by atoms with E-state index in [0.29, 0.717) is 10.3 Å². The summed E-state index contributed by atoms with van der Waals surface area (Å²) >= 11 is 7.77. The van der Waals surface area contributed by atoms with Crippen molar-refractivity contribution in [3.63, 3.8) is 0 Å². The second-order valence-corrected chi connectivity index (χ2v) is 7.52. The van der Waals surface area contributed by atoms with E-state index in [1.165, 1.54) is 0 Å². The van der Waals surface area contributed by atoms with E-state index in [1.807, 2.05) is 11.8 Å². The van der Waals surface area contributed by atoms with Gasteiger partial charge in [-0.2, -0.15) is 11.8 Å². The molecule has 1 aromatic carbocycles. The van der Waals surface area contributed by atoms with Crippen LogP contribution in [-0.2, 0) is 0 Å². The van der Waals surface area contributed by atoms with E-state index < -0.39 is 6.10 Å². The average Bonchev–Trinajstić information content (AvgIpc) is 2.93. The Morgan fingerprint density at radius 1 is 1.41 bits per heavy atom. The van der Waals surface area contributed by atoms with Crippen molar-refractivity contribution in [3.8, 4) is 0 Å². The number of hydrogen-bond acceptors (Lipinski definition) is 3. The Hall–Kier alpha value is -0.910. The summed E-state index contributed by atoms with van der Waals surface area (Å²) in [6.07, 6.45) is 2.50. The number of carbonyl (C=O) groups is 1. The molecule has 0 heterocycles. The van der Waals surface area contributed by atoms with E-state index in [-0.39, 0.29) is 18.6 Å². The predicted molar refractivity (Wildman–Crippen MR) is 92.5 cm³/mol. The fourth-order valence-electron chi connectivity index (χ4n) is 2.69. The maximum atomic E-state index is 11.9. The summed E-state index contributed by atoms with van der Waals surface area (Å²) in [6, 6.07) is 7.01. The highest BCUT2D eigenvalue weighted by atomic mass is 35.5. The minimum absolute atomic E-state index is 0.188. The number of hydrogen-bond donors (Lipinski definition) is 3. The molecule has 1 aliphatic carbocycles. The summed E-state index contributed by atoms with van der Waals surface area (Å²) < 4.78 is 0. The lowest BCUT2D eigenvalue weighted by Crippen LogP contribution is -2.42. The lowest BCUT2D eigenvalue weighted by Gasteiger charge is -2.16. The third-order valence-corrected chi connectivity index (χ3v) is 5.32. The number of thioether (sulfide) groups is 1. The molecule has 0 saturated heterocycles. The summed E-state index contributed by atoms with van der Waals surface area (Å²) in [5.41, 5.74) is 0.741. The van der Waals surface area contributed by atoms with Gasteiger partial charge >= 0.3 is 6.03 Å². The molecule has 3 unspecified atom stereocenters. The van der Waals surface area contributed by atoms with Crippen LogP contribution in [0.3, 0.4) is 0 Å². The molecule has 3 N–H and O–H groups in total. The number of benzene rings is 1. The Bertz CT molecular complexity index is 484. The van der Waals surface area contributed by atoms with Gasteiger partial charge in [-0.3, -0.25) is 0 Å². The van der Waals surface area contributed by atoms with Gasteiger partial charge in [-0.25, -0.2) is 4.79 Å². The van der Waals surface area contributed by atoms with Crippen molar-refractivity contribution in [1.82, 2.24) is 10.6 Å². The third kappa shape index (κ3) is 5.38. The van der Waals surface area contributed by atoms with Gasteiger partial charge in [0.1, 0.15) is 0 Å². The van der Waals surface area contributed by atoms with Crippen molar-refractivity contribution in [2.45, 2.75) is 43.6 Å². The molecule has 0 aromatic heterocycles. The van der Waals surface area contributed by atoms with Gasteiger partial charge in [-0.05, 0) is 42.7 Å². The van der Waals surface area contributed by atoms with Crippen LogP contribution >= 0.6 is 23.4 Å². The molecule has 3 atom stereocenters. The quantitative estimate of drug-likeness (QED) is 0.743. The van der Waals surface area contributed by atoms with Gasteiger partial charge < -0.3 is 15.7 Å². The van der Waals surface area contributed by atoms with E-state index in [9.17, 15) is 9.90 Å². The van der Waals surface area contributed by atoms with Gasteiger partial charge in [0, 0.05) is 22.9 Å². The van der Waals surface area contributed by atoms with Crippen LogP contribution in [0.15, 0.2) is 24.3 Å². The molecule has 4 nitrogen and oxygen atoms in total. The highest BCUT2D eigenvalue weighted by Gasteiger charge is 2.25. The Balaban J connectivity index is 1.70. The van der Waals surface area contributed by atoms with E-state index in [4.69, 9.17) is 11.6 Å². The monoisotopic (exact) mass is 342 g/mol. The fraction of sp³-hybridized carbons (Fsp3) is 0.562. The zero-order valence-electron chi connectivity index (χ0n) is 12.7. The number of urea groups is 1. The zero-order chi connectivity index (χ0) is 15.9. The zero-order valence-corrected chi connectivity index (χ0v) is 14.3. The maximum Gasteiger partial charge on any atom is 0.315 e. The first-order chi connectivity index (χ1) is 10.6. The lowest BCUT2D eigenvalue weighted by atomic mass is 10.1. The van der Waals surface area contributed by atoms with Crippen LogP contribution in [0, 0.1) is 0 Å². The standard InChI is InChI=1S/C16H23ClN2O2S/c1-2-22-14-8-7-13(9-14)19-16(21)18-10-15(20)11-3-5-12(17)6-4-11/h3-6,13-15,20H,2,7-10H2,1H3,(H2,18,19,21). The van der Waals surface area contributed by atoms with Gasteiger partial charge in [-0.1, -0.05) is 30.7 Å². The summed E-state index contributed by atoms with van der Waals surface area (Å²) in [6.45, 7) is 2.35. The molecule has 1 fully saturated rings. The first-order valence-corrected chi connectivity index (χ1v) is 9.10. The second-order valence-electron chi connectivity index (χ2n) is 5.51. The molecule has 1 aromatic rings. The highest BCUT2D eigenvalue weighted by Crippen LogP contribution is 2.29. The van der Waals surface area contributed by atoms with Crippen LogP contribution < -0.4 is 10.6 Å². The summed E-state index contributed by atoms with van der Waals surface area (Å²) in [7, 11) is 0. The molecule has 0 radical (unpaired) electrons. The Labute approximate surface area is 141 Å². The van der Waals surface area contributed by atoms with Crippen LogP contribution in [-0.4, -0.2) is 34.7 Å². The van der Waals surface area contributed by atoms with Crippen molar-refractivity contribution in [3.05, 3.63) is 34.9 Å². The van der Waals surface area contributed by atoms with Crippen molar-refractivity contribution in [2.24, 2.45) is 0 Å². The number of halogens is 1. The van der Waals surface area contributed by atoms with Gasteiger partial charge in [0.2, 0.25) is 0 Å². The van der Waals surface area contributed by atoms with Crippen molar-refractivity contribution < 1.29 is 9.90 Å². The van der Waals surface area contributed by atoms with E-state index in [1.54, 1.807) is 24.3 Å². The fourth-order valence-corrected chi connectivity index (χ4v) is 3.96. The van der Waals surface area contributed by atoms with Gasteiger partial charge in [-0.15, -0.1) is 0 Å². The largest absolute Gasteiger partial charge is 0.387 e. The summed E-state index contributed by atoms with van der Waals surface area (Å²) in [5.74, 6) is 1.12. The third-order valence-electron chi connectivity index (χ3n) is 3.83. The number of amides is 2. The van der Waals surface area contributed by atoms with Gasteiger partial charge in [0.05, 0.1) is 6.10 Å². The van der Waals surface area contributed by atoms with Crippen LogP contribution in [0.5, 0.6) is 0 Å². The van der Waals surface area contributed by atoms with Crippen LogP contribution in [0.1, 0.15) is 37.9 Å². The maximum absolute atomic E-state index is 11.9. The second kappa shape index (κ2) is 8.65. The number of carbonyl (C=O) groups excluding carboxylic acids is 1. The SMILES string of the molecule is CCSC1CCC(NC(=O)NCC(O)c2ccc(Cl)cc2)C1. The van der Waals surface area contributed by atoms with E-state index in [0.717, 1.165) is 30.6 Å². The molecule has 1 aliphatic rings. The van der Waals surface area contributed by atoms with Crippen molar-refractivity contribution in [1.29, 1.82) is 0 Å². The van der Waals surface area contributed by atoms with Gasteiger partial charge in [0.15, 0.2) is 0 Å². The molecule has 122 valence electrons. The average molecular weight is 343 g/mol. The molecular formula is C16H23ClN2O2S. The first-order valence-electron chi connectivity index (χ1n) is 7.68. The first kappa shape index (κ1) is 17.4. The number of rotatable bonds is 6. The van der Waals surface area contributed by atoms with Gasteiger partial charge in [0.25, 0.3) is 0 Å². The molecule has 0 aliphatic heterocycles. The molecule has 22 heavy (non-hydrogen) atoms. The molecule has 6 heteroatoms. The molecule has 0 spiro atoms. The lowest BCUT2D eigenvalue weighted by molar-refractivity contribution is 0.172. The Morgan fingerprint density at radius 3 is 2.82 bits per heavy atom. The Kier molecular flexibility index (Phi) is 6.86. The normalized spacial score (nSPS) is 22.3. The Morgan fingerprint density at radius 2 is 2.14 bits per heavy atom. The minimum atomic E-state index is -0.727. The smallest absolute Gasteiger partial charge is 0.315 e. The van der Waals surface area contributed by atoms with E-state index in [2.05, 4.69) is 17.6 Å². The topological polar surface area (TPSA) is 61.4 Å². The van der Waals surface area contributed by atoms with Crippen LogP contribution in [0.25, 0.3) is 0 Å². The number of nitrogens with one attached hydrogen (secondary N) is 2. The predicted octanol–water partition coefficient (Wildman–Crippen LogP) is 3.35. The van der Waals surface area contributed by atoms with Crippen LogP contribution in [0.2, 0.25) is 5.02 Å². The number of aliphatic hydroxyl groups is 1. The van der Waals surface area contributed by atoms with Crippen molar-refractivity contribution in [2.75, 3.05) is 12.3 Å². The summed E-state index contributed by atoms with van der Waals surface area (Å²) in [5, 5.41) is 17.1. The molecule has 2 rings (SSSR count). The van der Waals surface area contributed by atoms with E-state index >= 15 is 0 Å². The van der Waals surface area contributed by atoms with Crippen LogP contribution in [0.4, 0.5) is 4.79 Å². The number of aliphatic hydroxyl groups excluding tert-OH is 1. The minimum Gasteiger partial charge on any atom is -0.387 e. The summed E-state index contributed by atoms with van der Waals surface area (Å²) in [4.78, 5) is 11.9. The molecule has 0 bridgehead atoms. The molecule has 1 saturated carbocycles. The molecule has 2 amide bonds.